The van der Waals surface area contributed by atoms with Crippen LogP contribution in [0.3, 0.4) is 0 Å². The third kappa shape index (κ3) is 7.17. The summed E-state index contributed by atoms with van der Waals surface area (Å²) in [7, 11) is 3.16. The van der Waals surface area contributed by atoms with Crippen LogP contribution >= 0.6 is 11.3 Å². The second kappa shape index (κ2) is 12.2. The molecule has 7 heteroatoms. The summed E-state index contributed by atoms with van der Waals surface area (Å²) in [6.45, 7) is 3.68. The number of carbonyl (C=O) groups excluding carboxylic acids is 2. The topological polar surface area (TPSA) is 59.1 Å². The summed E-state index contributed by atoms with van der Waals surface area (Å²) >= 11 is 1.68. The zero-order valence-corrected chi connectivity index (χ0v) is 20.1. The highest BCUT2D eigenvalue weighted by molar-refractivity contribution is 7.11. The molecular formula is C26H30N2O4S. The second-order valence-electron chi connectivity index (χ2n) is 7.70. The van der Waals surface area contributed by atoms with E-state index in [2.05, 4.69) is 19.1 Å². The zero-order chi connectivity index (χ0) is 23.6. The smallest absolute Gasteiger partial charge is 0.254 e. The first-order valence-corrected chi connectivity index (χ1v) is 11.6. The number of benzene rings is 2. The zero-order valence-electron chi connectivity index (χ0n) is 19.3. The van der Waals surface area contributed by atoms with Crippen molar-refractivity contribution >= 4 is 23.2 Å². The second-order valence-corrected chi connectivity index (χ2v) is 9.07. The van der Waals surface area contributed by atoms with Crippen molar-refractivity contribution in [1.29, 1.82) is 0 Å². The van der Waals surface area contributed by atoms with Crippen LogP contribution in [0.1, 0.15) is 25.7 Å². The van der Waals surface area contributed by atoms with Gasteiger partial charge < -0.3 is 19.3 Å². The summed E-state index contributed by atoms with van der Waals surface area (Å²) in [5.74, 6) is 0.351. The minimum atomic E-state index is -0.213. The van der Waals surface area contributed by atoms with Crippen molar-refractivity contribution in [3.05, 3.63) is 87.6 Å². The van der Waals surface area contributed by atoms with Crippen molar-refractivity contribution in [3.8, 4) is 5.75 Å². The molecule has 0 spiro atoms. The molecule has 0 radical (unpaired) electrons. The number of thiophene rings is 1. The Morgan fingerprint density at radius 3 is 2.21 bits per heavy atom. The van der Waals surface area contributed by atoms with Gasteiger partial charge in [0.1, 0.15) is 12.3 Å². The van der Waals surface area contributed by atoms with Crippen LogP contribution in [0.25, 0.3) is 0 Å². The van der Waals surface area contributed by atoms with Gasteiger partial charge in [0, 0.05) is 35.5 Å². The van der Waals surface area contributed by atoms with E-state index in [-0.39, 0.29) is 18.4 Å². The van der Waals surface area contributed by atoms with Gasteiger partial charge in [-0.25, -0.2) is 0 Å². The van der Waals surface area contributed by atoms with E-state index in [9.17, 15) is 9.59 Å². The molecule has 6 nitrogen and oxygen atoms in total. The molecule has 2 aromatic carbocycles. The van der Waals surface area contributed by atoms with Crippen molar-refractivity contribution in [2.75, 3.05) is 33.9 Å². The van der Waals surface area contributed by atoms with E-state index in [1.54, 1.807) is 54.7 Å². The van der Waals surface area contributed by atoms with Crippen LogP contribution in [-0.4, -0.2) is 55.5 Å². The molecule has 0 aliphatic rings. The maximum absolute atomic E-state index is 13.4. The fourth-order valence-corrected chi connectivity index (χ4v) is 4.33. The molecule has 2 amide bonds. The van der Waals surface area contributed by atoms with Gasteiger partial charge in [0.05, 0.1) is 20.3 Å². The first-order chi connectivity index (χ1) is 16.0. The summed E-state index contributed by atoms with van der Waals surface area (Å²) in [6.07, 6.45) is 0. The molecule has 0 aliphatic heterocycles. The molecule has 0 N–H and O–H groups in total. The fourth-order valence-electron chi connectivity index (χ4n) is 3.43. The minimum Gasteiger partial charge on any atom is -0.497 e. The number of rotatable bonds is 11. The van der Waals surface area contributed by atoms with Gasteiger partial charge in [0.25, 0.3) is 5.91 Å². The number of hydrogen-bond donors (Lipinski definition) is 0. The molecule has 0 unspecified atom stereocenters. The first kappa shape index (κ1) is 24.5. The van der Waals surface area contributed by atoms with Crippen LogP contribution in [0.4, 0.5) is 0 Å². The third-order valence-corrected chi connectivity index (χ3v) is 6.21. The van der Waals surface area contributed by atoms with Crippen molar-refractivity contribution < 1.29 is 19.1 Å². The lowest BCUT2D eigenvalue weighted by Gasteiger charge is -2.27. The van der Waals surface area contributed by atoms with Crippen LogP contribution in [-0.2, 0) is 22.6 Å². The van der Waals surface area contributed by atoms with Gasteiger partial charge in [-0.1, -0.05) is 30.3 Å². The Balaban J connectivity index is 1.79. The standard InChI is InChI=1S/C26H30N2O4S/c1-20-9-14-24(33-20)18-28(17-21-7-5-4-6-8-21)25(29)19-27(15-16-31-2)26(30)22-10-12-23(32-3)13-11-22/h4-14H,15-19H2,1-3H3. The van der Waals surface area contributed by atoms with Gasteiger partial charge in [-0.05, 0) is 48.9 Å². The van der Waals surface area contributed by atoms with E-state index in [1.807, 2.05) is 35.2 Å². The lowest BCUT2D eigenvalue weighted by Crippen LogP contribution is -2.43. The highest BCUT2D eigenvalue weighted by atomic mass is 32.1. The van der Waals surface area contributed by atoms with E-state index in [0.29, 0.717) is 37.6 Å². The first-order valence-electron chi connectivity index (χ1n) is 10.8. The van der Waals surface area contributed by atoms with Crippen molar-refractivity contribution in [2.45, 2.75) is 20.0 Å². The van der Waals surface area contributed by atoms with E-state index >= 15 is 0 Å². The quantitative estimate of drug-likeness (QED) is 0.421. The normalized spacial score (nSPS) is 10.6. The van der Waals surface area contributed by atoms with E-state index in [4.69, 9.17) is 9.47 Å². The number of carbonyl (C=O) groups is 2. The summed E-state index contributed by atoms with van der Waals surface area (Å²) < 4.78 is 10.4. The van der Waals surface area contributed by atoms with Gasteiger partial charge in [-0.3, -0.25) is 9.59 Å². The minimum absolute atomic E-state index is 0.0224. The van der Waals surface area contributed by atoms with E-state index in [1.165, 1.54) is 4.88 Å². The molecule has 174 valence electrons. The highest BCUT2D eigenvalue weighted by Gasteiger charge is 2.23. The van der Waals surface area contributed by atoms with Crippen molar-refractivity contribution in [3.63, 3.8) is 0 Å². The molecular weight excluding hydrogens is 436 g/mol. The Bertz CT molecular complexity index is 1030. The average Bonchev–Trinajstić information content (AvgIpc) is 3.26. The molecule has 0 aliphatic carbocycles. The van der Waals surface area contributed by atoms with Crippen LogP contribution in [0, 0.1) is 6.92 Å². The summed E-state index contributed by atoms with van der Waals surface area (Å²) in [5.41, 5.74) is 1.55. The Hall–Kier alpha value is -3.16. The van der Waals surface area contributed by atoms with Crippen LogP contribution in [0.2, 0.25) is 0 Å². The fraction of sp³-hybridized carbons (Fsp3) is 0.308. The van der Waals surface area contributed by atoms with Crippen molar-refractivity contribution in [1.82, 2.24) is 9.80 Å². The molecule has 1 aromatic heterocycles. The Morgan fingerprint density at radius 1 is 0.879 bits per heavy atom. The number of methoxy groups -OCH3 is 2. The van der Waals surface area contributed by atoms with E-state index in [0.717, 1.165) is 10.4 Å². The summed E-state index contributed by atoms with van der Waals surface area (Å²) in [4.78, 5) is 32.3. The Kier molecular flexibility index (Phi) is 9.04. The van der Waals surface area contributed by atoms with Gasteiger partial charge in [-0.15, -0.1) is 11.3 Å². The largest absolute Gasteiger partial charge is 0.497 e. The molecule has 0 bridgehead atoms. The highest BCUT2D eigenvalue weighted by Crippen LogP contribution is 2.19. The molecule has 0 saturated heterocycles. The average molecular weight is 467 g/mol. The molecule has 33 heavy (non-hydrogen) atoms. The number of amides is 2. The monoisotopic (exact) mass is 466 g/mol. The summed E-state index contributed by atoms with van der Waals surface area (Å²) in [5, 5.41) is 0. The van der Waals surface area contributed by atoms with Gasteiger partial charge in [0.2, 0.25) is 5.91 Å². The maximum atomic E-state index is 13.4. The van der Waals surface area contributed by atoms with Crippen LogP contribution < -0.4 is 4.74 Å². The predicted octanol–water partition coefficient (Wildman–Crippen LogP) is 4.38. The van der Waals surface area contributed by atoms with Gasteiger partial charge in [0.15, 0.2) is 0 Å². The number of aryl methyl sites for hydroxylation is 1. The Morgan fingerprint density at radius 2 is 1.61 bits per heavy atom. The van der Waals surface area contributed by atoms with E-state index < -0.39 is 0 Å². The predicted molar refractivity (Wildman–Crippen MR) is 131 cm³/mol. The third-order valence-electron chi connectivity index (χ3n) is 5.23. The molecule has 3 rings (SSSR count). The van der Waals surface area contributed by atoms with Gasteiger partial charge in [-0.2, -0.15) is 0 Å². The Labute approximate surface area is 199 Å². The van der Waals surface area contributed by atoms with Crippen molar-refractivity contribution in [2.24, 2.45) is 0 Å². The molecule has 0 saturated carbocycles. The number of hydrogen-bond acceptors (Lipinski definition) is 5. The lowest BCUT2D eigenvalue weighted by atomic mass is 10.1. The molecule has 3 aromatic rings. The molecule has 0 fully saturated rings. The number of ether oxygens (including phenoxy) is 2. The summed E-state index contributed by atoms with van der Waals surface area (Å²) in [6, 6.07) is 20.9. The molecule has 0 atom stereocenters. The van der Waals surface area contributed by atoms with Crippen LogP contribution in [0.15, 0.2) is 66.7 Å². The van der Waals surface area contributed by atoms with Gasteiger partial charge >= 0.3 is 0 Å². The van der Waals surface area contributed by atoms with Crippen LogP contribution in [0.5, 0.6) is 5.75 Å². The molecule has 1 heterocycles. The number of nitrogens with zero attached hydrogens (tertiary/aromatic N) is 2. The lowest BCUT2D eigenvalue weighted by molar-refractivity contribution is -0.133. The SMILES string of the molecule is COCCN(CC(=O)N(Cc1ccccc1)Cc1ccc(C)s1)C(=O)c1ccc(OC)cc1. The maximum Gasteiger partial charge on any atom is 0.254 e.